The summed E-state index contributed by atoms with van der Waals surface area (Å²) in [7, 11) is 4.23. The van der Waals surface area contributed by atoms with Crippen molar-refractivity contribution < 1.29 is 23.8 Å². The molecule has 1 aliphatic heterocycles. The highest BCUT2D eigenvalue weighted by Crippen LogP contribution is 2.49. The van der Waals surface area contributed by atoms with Crippen molar-refractivity contribution in [2.45, 2.75) is 39.5 Å². The molecule has 0 unspecified atom stereocenters. The SMILES string of the molecule is COC(=O)c1cc([C@@H]2C(C#N)=C(C)NC3=C2C(=O)CC(C)(C)C3)c(OC)cc1OC. The molecule has 0 fully saturated rings. The fourth-order valence-corrected chi connectivity index (χ4v) is 4.31. The lowest BCUT2D eigenvalue weighted by Gasteiger charge is -2.39. The number of allylic oxidation sites excluding steroid dienone is 4. The second-order valence-corrected chi connectivity index (χ2v) is 8.33. The largest absolute Gasteiger partial charge is 0.496 e. The normalized spacial score (nSPS) is 20.2. The van der Waals surface area contributed by atoms with Crippen molar-refractivity contribution in [2.75, 3.05) is 21.3 Å². The van der Waals surface area contributed by atoms with Crippen molar-refractivity contribution in [3.05, 3.63) is 45.8 Å². The average Bonchev–Trinajstić information content (AvgIpc) is 2.70. The van der Waals surface area contributed by atoms with Gasteiger partial charge in [-0.05, 0) is 24.8 Å². The van der Waals surface area contributed by atoms with Crippen LogP contribution in [0.15, 0.2) is 34.7 Å². The second-order valence-electron chi connectivity index (χ2n) is 8.33. The van der Waals surface area contributed by atoms with Crippen LogP contribution in [0.5, 0.6) is 11.5 Å². The minimum absolute atomic E-state index is 0.0171. The monoisotopic (exact) mass is 410 g/mol. The molecule has 1 heterocycles. The van der Waals surface area contributed by atoms with Crippen molar-refractivity contribution in [1.29, 1.82) is 5.26 Å². The fraction of sp³-hybridized carbons (Fsp3) is 0.435. The zero-order chi connectivity index (χ0) is 22.2. The van der Waals surface area contributed by atoms with Crippen LogP contribution in [0.1, 0.15) is 55.5 Å². The lowest BCUT2D eigenvalue weighted by Crippen LogP contribution is -2.37. The summed E-state index contributed by atoms with van der Waals surface area (Å²) in [5.41, 5.74) is 3.04. The van der Waals surface area contributed by atoms with Crippen LogP contribution in [0.4, 0.5) is 0 Å². The maximum atomic E-state index is 13.2. The van der Waals surface area contributed by atoms with E-state index in [4.69, 9.17) is 14.2 Å². The van der Waals surface area contributed by atoms with Crippen molar-refractivity contribution in [3.8, 4) is 17.6 Å². The van der Waals surface area contributed by atoms with Gasteiger partial charge in [0.2, 0.25) is 0 Å². The van der Waals surface area contributed by atoms with E-state index < -0.39 is 11.9 Å². The molecule has 1 N–H and O–H groups in total. The summed E-state index contributed by atoms with van der Waals surface area (Å²) in [5.74, 6) is -0.512. The number of nitriles is 1. The lowest BCUT2D eigenvalue weighted by molar-refractivity contribution is -0.118. The molecular weight excluding hydrogens is 384 g/mol. The average molecular weight is 410 g/mol. The van der Waals surface area contributed by atoms with E-state index in [2.05, 4.69) is 11.4 Å². The van der Waals surface area contributed by atoms with Crippen molar-refractivity contribution in [3.63, 3.8) is 0 Å². The predicted molar refractivity (Wildman–Crippen MR) is 110 cm³/mol. The van der Waals surface area contributed by atoms with E-state index in [-0.39, 0.29) is 16.8 Å². The first-order chi connectivity index (χ1) is 14.2. The van der Waals surface area contributed by atoms with Gasteiger partial charge >= 0.3 is 5.97 Å². The Labute approximate surface area is 176 Å². The maximum Gasteiger partial charge on any atom is 0.341 e. The van der Waals surface area contributed by atoms with Crippen molar-refractivity contribution >= 4 is 11.8 Å². The van der Waals surface area contributed by atoms with Gasteiger partial charge in [-0.2, -0.15) is 5.26 Å². The molecule has 0 saturated carbocycles. The highest BCUT2D eigenvalue weighted by molar-refractivity contribution is 6.01. The highest BCUT2D eigenvalue weighted by Gasteiger charge is 2.42. The number of hydrogen-bond donors (Lipinski definition) is 1. The van der Waals surface area contributed by atoms with Crippen LogP contribution in [-0.2, 0) is 9.53 Å². The molecule has 0 aromatic heterocycles. The van der Waals surface area contributed by atoms with E-state index >= 15 is 0 Å². The standard InChI is InChI=1S/C23H26N2O5/c1-12-15(11-24)20(21-16(25-12)9-23(2,3)10-17(21)26)13-7-14(22(27)30-6)19(29-5)8-18(13)28-4/h7-8,20,25H,9-10H2,1-6H3/t20-/m1/s1. The number of methoxy groups -OCH3 is 3. The third-order valence-electron chi connectivity index (χ3n) is 5.63. The Bertz CT molecular complexity index is 1030. The molecule has 1 atom stereocenters. The molecule has 1 aliphatic carbocycles. The van der Waals surface area contributed by atoms with Crippen LogP contribution in [0.2, 0.25) is 0 Å². The van der Waals surface area contributed by atoms with Gasteiger partial charge in [-0.3, -0.25) is 4.79 Å². The summed E-state index contributed by atoms with van der Waals surface area (Å²) in [6.45, 7) is 5.92. The van der Waals surface area contributed by atoms with Gasteiger partial charge in [0.1, 0.15) is 17.1 Å². The number of ether oxygens (including phenoxy) is 3. The lowest BCUT2D eigenvalue weighted by atomic mass is 9.68. The quantitative estimate of drug-likeness (QED) is 0.757. The number of Topliss-reactive ketones (excluding diaryl/α,β-unsaturated/α-hetero) is 1. The van der Waals surface area contributed by atoms with Gasteiger partial charge in [0.15, 0.2) is 5.78 Å². The van der Waals surface area contributed by atoms with E-state index in [9.17, 15) is 14.9 Å². The number of benzene rings is 1. The zero-order valence-electron chi connectivity index (χ0n) is 18.1. The molecular formula is C23H26N2O5. The number of nitrogens with zero attached hydrogens (tertiary/aromatic N) is 1. The minimum Gasteiger partial charge on any atom is -0.496 e. The third-order valence-corrected chi connectivity index (χ3v) is 5.63. The third kappa shape index (κ3) is 3.54. The number of carbonyl (C=O) groups is 2. The van der Waals surface area contributed by atoms with Crippen LogP contribution < -0.4 is 14.8 Å². The summed E-state index contributed by atoms with van der Waals surface area (Å²) in [5, 5.41) is 13.2. The first-order valence-electron chi connectivity index (χ1n) is 9.65. The van der Waals surface area contributed by atoms with Gasteiger partial charge in [-0.1, -0.05) is 13.8 Å². The van der Waals surface area contributed by atoms with Gasteiger partial charge in [0.05, 0.1) is 38.9 Å². The Hall–Kier alpha value is -3.27. The van der Waals surface area contributed by atoms with E-state index in [1.165, 1.54) is 21.3 Å². The number of hydrogen-bond acceptors (Lipinski definition) is 7. The van der Waals surface area contributed by atoms with Crippen LogP contribution >= 0.6 is 0 Å². The van der Waals surface area contributed by atoms with Gasteiger partial charge < -0.3 is 19.5 Å². The predicted octanol–water partition coefficient (Wildman–Crippen LogP) is 3.62. The van der Waals surface area contributed by atoms with E-state index in [0.717, 1.165) is 5.70 Å². The van der Waals surface area contributed by atoms with Crippen LogP contribution in [0, 0.1) is 16.7 Å². The van der Waals surface area contributed by atoms with Crippen molar-refractivity contribution in [2.24, 2.45) is 5.41 Å². The fourth-order valence-electron chi connectivity index (χ4n) is 4.31. The van der Waals surface area contributed by atoms with E-state index in [0.29, 0.717) is 46.7 Å². The van der Waals surface area contributed by atoms with Gasteiger partial charge in [0, 0.05) is 35.0 Å². The Morgan fingerprint density at radius 3 is 2.40 bits per heavy atom. The number of dihydropyridines is 1. The number of nitrogens with one attached hydrogen (secondary N) is 1. The number of carbonyl (C=O) groups excluding carboxylic acids is 2. The summed E-state index contributed by atoms with van der Waals surface area (Å²) in [6, 6.07) is 5.43. The molecule has 7 nitrogen and oxygen atoms in total. The summed E-state index contributed by atoms with van der Waals surface area (Å²) in [6.07, 6.45) is 1.06. The molecule has 0 saturated heterocycles. The first-order valence-corrected chi connectivity index (χ1v) is 9.65. The van der Waals surface area contributed by atoms with Crippen LogP contribution in [-0.4, -0.2) is 33.1 Å². The molecule has 1 aromatic rings. The Kier molecular flexibility index (Phi) is 5.62. The Morgan fingerprint density at radius 2 is 1.83 bits per heavy atom. The van der Waals surface area contributed by atoms with Gasteiger partial charge in [-0.25, -0.2) is 4.79 Å². The molecule has 2 aliphatic rings. The number of esters is 1. The van der Waals surface area contributed by atoms with Crippen LogP contribution in [0.25, 0.3) is 0 Å². The first kappa shape index (κ1) is 21.4. The van der Waals surface area contributed by atoms with E-state index in [1.54, 1.807) is 12.1 Å². The number of rotatable bonds is 4. The molecule has 3 rings (SSSR count). The second kappa shape index (κ2) is 7.86. The smallest absolute Gasteiger partial charge is 0.341 e. The molecule has 0 bridgehead atoms. The molecule has 7 heteroatoms. The minimum atomic E-state index is -0.640. The molecule has 1 aromatic carbocycles. The molecule has 158 valence electrons. The maximum absolute atomic E-state index is 13.2. The Morgan fingerprint density at radius 1 is 1.17 bits per heavy atom. The van der Waals surface area contributed by atoms with Gasteiger partial charge in [0.25, 0.3) is 0 Å². The topological polar surface area (TPSA) is 97.7 Å². The molecule has 0 radical (unpaired) electrons. The van der Waals surface area contributed by atoms with Crippen molar-refractivity contribution in [1.82, 2.24) is 5.32 Å². The molecule has 30 heavy (non-hydrogen) atoms. The summed E-state index contributed by atoms with van der Waals surface area (Å²) >= 11 is 0. The van der Waals surface area contributed by atoms with E-state index in [1.807, 2.05) is 20.8 Å². The summed E-state index contributed by atoms with van der Waals surface area (Å²) in [4.78, 5) is 25.6. The molecule has 0 amide bonds. The van der Waals surface area contributed by atoms with Gasteiger partial charge in [-0.15, -0.1) is 0 Å². The van der Waals surface area contributed by atoms with Crippen LogP contribution in [0.3, 0.4) is 0 Å². The highest BCUT2D eigenvalue weighted by atomic mass is 16.5. The summed E-state index contributed by atoms with van der Waals surface area (Å²) < 4.78 is 15.8. The molecule has 0 spiro atoms. The Balaban J connectivity index is 2.31. The zero-order valence-corrected chi connectivity index (χ0v) is 18.1. The number of ketones is 1.